The van der Waals surface area contributed by atoms with Crippen LogP contribution in [0.25, 0.3) is 27.4 Å². The van der Waals surface area contributed by atoms with Crippen LogP contribution in [0.5, 0.6) is 16.7 Å². The molecule has 1 saturated heterocycles. The largest absolute Gasteiger partial charge is 0.496 e. The second-order valence-electron chi connectivity index (χ2n) is 8.50. The number of fused-ring (bicyclic) bond motifs is 2. The second kappa shape index (κ2) is 9.08. The minimum Gasteiger partial charge on any atom is -0.496 e. The molecule has 1 aromatic carbocycles. The van der Waals surface area contributed by atoms with Crippen LogP contribution in [0.2, 0.25) is 0 Å². The van der Waals surface area contributed by atoms with Crippen LogP contribution < -0.4 is 14.2 Å². The Kier molecular flexibility index (Phi) is 5.75. The summed E-state index contributed by atoms with van der Waals surface area (Å²) in [7, 11) is 3.17. The van der Waals surface area contributed by atoms with Crippen molar-refractivity contribution in [2.45, 2.75) is 25.0 Å². The van der Waals surface area contributed by atoms with Crippen molar-refractivity contribution in [1.82, 2.24) is 19.6 Å². The molecule has 0 bridgehead atoms. The van der Waals surface area contributed by atoms with Gasteiger partial charge in [-0.05, 0) is 29.5 Å². The number of pyridine rings is 1. The molecule has 11 heteroatoms. The van der Waals surface area contributed by atoms with E-state index in [-0.39, 0.29) is 6.61 Å². The monoisotopic (exact) mass is 508 g/mol. The molecular weight excluding hydrogens is 484 g/mol. The first-order valence-corrected chi connectivity index (χ1v) is 12.3. The van der Waals surface area contributed by atoms with Crippen LogP contribution in [0.3, 0.4) is 0 Å². The van der Waals surface area contributed by atoms with E-state index in [4.69, 9.17) is 23.4 Å². The van der Waals surface area contributed by atoms with E-state index in [1.54, 1.807) is 24.9 Å². The Morgan fingerprint density at radius 3 is 2.81 bits per heavy atom. The van der Waals surface area contributed by atoms with Gasteiger partial charge < -0.3 is 28.5 Å². The Balaban J connectivity index is 1.31. The molecule has 1 aliphatic rings. The fraction of sp³-hybridized carbons (Fsp3) is 0.320. The SMILES string of the molecule is COc1cc(OCc2cccc(C3(O)CCOCC3)n2)c2cc(-c3cnc4sc(OC)nn34)oc2c1. The molecule has 1 N–H and O–H groups in total. The molecule has 0 atom stereocenters. The highest BCUT2D eigenvalue weighted by atomic mass is 32.1. The van der Waals surface area contributed by atoms with Gasteiger partial charge in [-0.15, -0.1) is 5.10 Å². The highest BCUT2D eigenvalue weighted by Gasteiger charge is 2.33. The second-order valence-corrected chi connectivity index (χ2v) is 9.42. The van der Waals surface area contributed by atoms with E-state index in [1.165, 1.54) is 11.3 Å². The minimum absolute atomic E-state index is 0.212. The van der Waals surface area contributed by atoms with Gasteiger partial charge in [-0.25, -0.2) is 4.98 Å². The Hall–Kier alpha value is -3.67. The molecule has 4 aromatic heterocycles. The van der Waals surface area contributed by atoms with Crippen molar-refractivity contribution in [3.05, 3.63) is 54.0 Å². The van der Waals surface area contributed by atoms with E-state index in [0.29, 0.717) is 76.1 Å². The van der Waals surface area contributed by atoms with Crippen LogP contribution in [-0.4, -0.2) is 52.1 Å². The lowest BCUT2D eigenvalue weighted by Crippen LogP contribution is -2.34. The topological polar surface area (TPSA) is 113 Å². The Labute approximate surface area is 210 Å². The fourth-order valence-corrected chi connectivity index (χ4v) is 5.00. The molecule has 186 valence electrons. The molecule has 1 fully saturated rings. The van der Waals surface area contributed by atoms with Crippen LogP contribution in [0.15, 0.2) is 47.0 Å². The molecule has 6 rings (SSSR count). The molecule has 0 spiro atoms. The Morgan fingerprint density at radius 2 is 2.00 bits per heavy atom. The number of nitrogens with zero attached hydrogens (tertiary/aromatic N) is 4. The number of hydrogen-bond acceptors (Lipinski definition) is 10. The summed E-state index contributed by atoms with van der Waals surface area (Å²) in [5.74, 6) is 1.78. The molecule has 5 aromatic rings. The van der Waals surface area contributed by atoms with E-state index >= 15 is 0 Å². The number of imidazole rings is 1. The van der Waals surface area contributed by atoms with Gasteiger partial charge in [0, 0.05) is 38.2 Å². The predicted molar refractivity (Wildman–Crippen MR) is 132 cm³/mol. The number of hydrogen-bond donors (Lipinski definition) is 1. The molecular formula is C25H24N4O6S. The molecule has 0 unspecified atom stereocenters. The maximum absolute atomic E-state index is 11.0. The summed E-state index contributed by atoms with van der Waals surface area (Å²) < 4.78 is 30.1. The number of benzene rings is 1. The van der Waals surface area contributed by atoms with Crippen molar-refractivity contribution < 1.29 is 28.5 Å². The highest BCUT2D eigenvalue weighted by Crippen LogP contribution is 2.38. The van der Waals surface area contributed by atoms with Crippen LogP contribution in [0.4, 0.5) is 0 Å². The van der Waals surface area contributed by atoms with Gasteiger partial charge in [0.15, 0.2) is 5.76 Å². The number of methoxy groups -OCH3 is 2. The first-order chi connectivity index (χ1) is 17.6. The van der Waals surface area contributed by atoms with E-state index in [1.807, 2.05) is 36.4 Å². The van der Waals surface area contributed by atoms with Crippen molar-refractivity contribution in [2.75, 3.05) is 27.4 Å². The smallest absolute Gasteiger partial charge is 0.294 e. The summed E-state index contributed by atoms with van der Waals surface area (Å²) in [4.78, 5) is 9.79. The van der Waals surface area contributed by atoms with Crippen molar-refractivity contribution in [2.24, 2.45) is 0 Å². The summed E-state index contributed by atoms with van der Waals surface area (Å²) in [5, 5.41) is 16.7. The van der Waals surface area contributed by atoms with Gasteiger partial charge >= 0.3 is 0 Å². The van der Waals surface area contributed by atoms with Gasteiger partial charge in [-0.2, -0.15) is 4.52 Å². The van der Waals surface area contributed by atoms with Crippen LogP contribution in [0.1, 0.15) is 24.2 Å². The van der Waals surface area contributed by atoms with E-state index in [2.05, 4.69) is 15.1 Å². The van der Waals surface area contributed by atoms with Gasteiger partial charge in [0.2, 0.25) is 4.96 Å². The number of aliphatic hydroxyl groups is 1. The zero-order chi connectivity index (χ0) is 24.7. The molecule has 0 radical (unpaired) electrons. The lowest BCUT2D eigenvalue weighted by molar-refractivity contribution is -0.0706. The van der Waals surface area contributed by atoms with E-state index < -0.39 is 5.60 Å². The maximum Gasteiger partial charge on any atom is 0.294 e. The van der Waals surface area contributed by atoms with Crippen molar-refractivity contribution in [3.8, 4) is 28.1 Å². The van der Waals surface area contributed by atoms with Crippen LogP contribution in [0, 0.1) is 0 Å². The third-order valence-corrected chi connectivity index (χ3v) is 7.17. The van der Waals surface area contributed by atoms with E-state index in [0.717, 1.165) is 5.39 Å². The molecule has 5 heterocycles. The number of aromatic nitrogens is 4. The molecule has 0 aliphatic carbocycles. The predicted octanol–water partition coefficient (Wildman–Crippen LogP) is 4.19. The fourth-order valence-electron chi connectivity index (χ4n) is 4.31. The first kappa shape index (κ1) is 22.8. The van der Waals surface area contributed by atoms with Gasteiger partial charge in [0.25, 0.3) is 5.19 Å². The van der Waals surface area contributed by atoms with Crippen LogP contribution in [-0.2, 0) is 16.9 Å². The maximum atomic E-state index is 11.0. The summed E-state index contributed by atoms with van der Waals surface area (Å²) in [5.41, 5.74) is 1.67. The zero-order valence-corrected chi connectivity index (χ0v) is 20.6. The molecule has 1 aliphatic heterocycles. The van der Waals surface area contributed by atoms with Crippen molar-refractivity contribution in [1.29, 1.82) is 0 Å². The molecule has 10 nitrogen and oxygen atoms in total. The van der Waals surface area contributed by atoms with Crippen LogP contribution >= 0.6 is 11.3 Å². The summed E-state index contributed by atoms with van der Waals surface area (Å²) in [6, 6.07) is 11.1. The summed E-state index contributed by atoms with van der Waals surface area (Å²) in [6.07, 6.45) is 2.75. The minimum atomic E-state index is -0.980. The molecule has 0 amide bonds. The van der Waals surface area contributed by atoms with Gasteiger partial charge in [0.05, 0.1) is 37.2 Å². The van der Waals surface area contributed by atoms with Gasteiger partial charge in [-0.3, -0.25) is 4.98 Å². The first-order valence-electron chi connectivity index (χ1n) is 11.5. The lowest BCUT2D eigenvalue weighted by atomic mass is 9.90. The van der Waals surface area contributed by atoms with Gasteiger partial charge in [-0.1, -0.05) is 6.07 Å². The highest BCUT2D eigenvalue weighted by molar-refractivity contribution is 7.18. The third-order valence-electron chi connectivity index (χ3n) is 6.28. The van der Waals surface area contributed by atoms with Crippen molar-refractivity contribution in [3.63, 3.8) is 0 Å². The van der Waals surface area contributed by atoms with Crippen molar-refractivity contribution >= 4 is 27.3 Å². The average Bonchev–Trinajstić information content (AvgIpc) is 3.61. The van der Waals surface area contributed by atoms with Gasteiger partial charge in [0.1, 0.15) is 35.0 Å². The summed E-state index contributed by atoms with van der Waals surface area (Å²) >= 11 is 1.35. The standard InChI is InChI=1S/C25H24N4O6S/c1-31-16-10-19(34-14-15-4-3-5-22(27-15)25(30)6-8-33-9-7-25)17-12-21(35-20(17)11-16)18-13-26-23-29(18)28-24(32-2)36-23/h3-5,10-13,30H,6-9,14H2,1-2H3. The number of furan rings is 1. The molecule has 36 heavy (non-hydrogen) atoms. The average molecular weight is 509 g/mol. The Morgan fingerprint density at radius 1 is 1.14 bits per heavy atom. The Bertz CT molecular complexity index is 1530. The normalized spacial score (nSPS) is 15.4. The lowest BCUT2D eigenvalue weighted by Gasteiger charge is -2.31. The number of ether oxygens (including phenoxy) is 4. The summed E-state index contributed by atoms with van der Waals surface area (Å²) in [6.45, 7) is 1.24. The van der Waals surface area contributed by atoms with E-state index in [9.17, 15) is 5.11 Å². The molecule has 0 saturated carbocycles. The third kappa shape index (κ3) is 4.04. The number of rotatable bonds is 7. The quantitative estimate of drug-likeness (QED) is 0.346. The zero-order valence-electron chi connectivity index (χ0n) is 19.8.